The largest absolute Gasteiger partial charge is 0.480 e. The first-order valence-electron chi connectivity index (χ1n) is 6.19. The number of carboxylic acids is 1. The van der Waals surface area contributed by atoms with Crippen LogP contribution in [0.5, 0.6) is 0 Å². The van der Waals surface area contributed by atoms with Crippen molar-refractivity contribution in [3.8, 4) is 0 Å². The zero-order valence-electron chi connectivity index (χ0n) is 11.1. The van der Waals surface area contributed by atoms with Crippen LogP contribution in [0.25, 0.3) is 0 Å². The van der Waals surface area contributed by atoms with Crippen LogP contribution >= 0.6 is 22.9 Å². The fraction of sp³-hybridized carbons (Fsp3) is 0.538. The number of thiophene rings is 1. The minimum atomic E-state index is -0.979. The third-order valence-electron chi connectivity index (χ3n) is 2.96. The molecule has 1 heterocycles. The number of carbonyl (C=O) groups excluding carboxylic acids is 1. The van der Waals surface area contributed by atoms with Gasteiger partial charge in [-0.1, -0.05) is 18.5 Å². The molecule has 0 aliphatic rings. The summed E-state index contributed by atoms with van der Waals surface area (Å²) >= 11 is 7.27. The van der Waals surface area contributed by atoms with Crippen LogP contribution in [0.15, 0.2) is 12.1 Å². The molecule has 0 saturated carbocycles. The van der Waals surface area contributed by atoms with E-state index >= 15 is 0 Å². The van der Waals surface area contributed by atoms with E-state index in [1.165, 1.54) is 16.2 Å². The molecule has 106 valence electrons. The normalized spacial score (nSPS) is 12.2. The number of hydrogen-bond acceptors (Lipinski definition) is 3. The van der Waals surface area contributed by atoms with Crippen molar-refractivity contribution in [1.82, 2.24) is 4.90 Å². The number of nitrogens with zero attached hydrogens (tertiary/aromatic N) is 1. The van der Waals surface area contributed by atoms with Gasteiger partial charge in [0.05, 0.1) is 4.34 Å². The van der Waals surface area contributed by atoms with Crippen molar-refractivity contribution in [2.75, 3.05) is 6.54 Å². The maximum absolute atomic E-state index is 12.1. The van der Waals surface area contributed by atoms with Gasteiger partial charge < -0.3 is 10.0 Å². The van der Waals surface area contributed by atoms with Crippen LogP contribution in [-0.4, -0.2) is 34.5 Å². The molecule has 0 bridgehead atoms. The third-order valence-corrected chi connectivity index (χ3v) is 4.25. The lowest BCUT2D eigenvalue weighted by atomic mass is 10.1. The summed E-state index contributed by atoms with van der Waals surface area (Å²) < 4.78 is 0.701. The van der Waals surface area contributed by atoms with Gasteiger partial charge in [-0.15, -0.1) is 11.3 Å². The highest BCUT2D eigenvalue weighted by Crippen LogP contribution is 2.22. The number of carbonyl (C=O) groups is 2. The standard InChI is InChI=1S/C13H18ClNO3S/c1-3-9(2)15(8-13(17)18)12(16)7-5-10-4-6-11(14)19-10/h4,6,9H,3,5,7-8H2,1-2H3,(H,17,18). The molecule has 1 amide bonds. The summed E-state index contributed by atoms with van der Waals surface area (Å²) in [5, 5.41) is 8.86. The highest BCUT2D eigenvalue weighted by molar-refractivity contribution is 7.16. The Morgan fingerprint density at radius 2 is 2.16 bits per heavy atom. The molecule has 6 heteroatoms. The summed E-state index contributed by atoms with van der Waals surface area (Å²) in [6.07, 6.45) is 1.65. The second kappa shape index (κ2) is 7.50. The average Bonchev–Trinajstić information content (AvgIpc) is 2.77. The summed E-state index contributed by atoms with van der Waals surface area (Å²) in [4.78, 5) is 25.4. The van der Waals surface area contributed by atoms with Crippen molar-refractivity contribution in [3.05, 3.63) is 21.3 Å². The first kappa shape index (κ1) is 16.0. The van der Waals surface area contributed by atoms with Gasteiger partial charge in [0, 0.05) is 17.3 Å². The predicted octanol–water partition coefficient (Wildman–Crippen LogP) is 3.05. The van der Waals surface area contributed by atoms with Crippen LogP contribution in [0.3, 0.4) is 0 Å². The monoisotopic (exact) mass is 303 g/mol. The van der Waals surface area contributed by atoms with E-state index in [2.05, 4.69) is 0 Å². The molecule has 0 spiro atoms. The molecule has 1 aromatic rings. The van der Waals surface area contributed by atoms with Gasteiger partial charge >= 0.3 is 5.97 Å². The average molecular weight is 304 g/mol. The lowest BCUT2D eigenvalue weighted by molar-refractivity contribution is -0.146. The molecule has 0 aliphatic heterocycles. The summed E-state index contributed by atoms with van der Waals surface area (Å²) in [5.41, 5.74) is 0. The molecule has 1 atom stereocenters. The van der Waals surface area contributed by atoms with Crippen molar-refractivity contribution in [1.29, 1.82) is 0 Å². The van der Waals surface area contributed by atoms with Gasteiger partial charge in [0.15, 0.2) is 0 Å². The summed E-state index contributed by atoms with van der Waals surface area (Å²) in [7, 11) is 0. The van der Waals surface area contributed by atoms with Crippen molar-refractivity contribution in [2.24, 2.45) is 0 Å². The van der Waals surface area contributed by atoms with Crippen LogP contribution in [0.4, 0.5) is 0 Å². The van der Waals surface area contributed by atoms with Gasteiger partial charge in [0.2, 0.25) is 5.91 Å². The van der Waals surface area contributed by atoms with Gasteiger partial charge in [-0.25, -0.2) is 0 Å². The zero-order valence-corrected chi connectivity index (χ0v) is 12.6. The Kier molecular flexibility index (Phi) is 6.31. The van der Waals surface area contributed by atoms with E-state index < -0.39 is 5.97 Å². The van der Waals surface area contributed by atoms with Crippen molar-refractivity contribution < 1.29 is 14.7 Å². The summed E-state index contributed by atoms with van der Waals surface area (Å²) in [6, 6.07) is 3.64. The van der Waals surface area contributed by atoms with Gasteiger partial charge in [0.25, 0.3) is 0 Å². The minimum Gasteiger partial charge on any atom is -0.480 e. The second-order valence-corrected chi connectivity index (χ2v) is 6.18. The summed E-state index contributed by atoms with van der Waals surface area (Å²) in [5.74, 6) is -1.10. The first-order chi connectivity index (χ1) is 8.93. The van der Waals surface area contributed by atoms with Gasteiger partial charge in [-0.2, -0.15) is 0 Å². The molecule has 1 unspecified atom stereocenters. The second-order valence-electron chi connectivity index (χ2n) is 4.38. The van der Waals surface area contributed by atoms with E-state index in [1.807, 2.05) is 19.9 Å². The maximum atomic E-state index is 12.1. The molecule has 0 saturated heterocycles. The molecule has 0 fully saturated rings. The first-order valence-corrected chi connectivity index (χ1v) is 7.39. The van der Waals surface area contributed by atoms with Crippen LogP contribution in [-0.2, 0) is 16.0 Å². The number of rotatable bonds is 7. The van der Waals surface area contributed by atoms with E-state index in [9.17, 15) is 9.59 Å². The van der Waals surface area contributed by atoms with E-state index in [4.69, 9.17) is 16.7 Å². The molecule has 1 rings (SSSR count). The van der Waals surface area contributed by atoms with Crippen LogP contribution in [0, 0.1) is 0 Å². The zero-order chi connectivity index (χ0) is 14.4. The van der Waals surface area contributed by atoms with Crippen molar-refractivity contribution in [3.63, 3.8) is 0 Å². The molecular formula is C13H18ClNO3S. The highest BCUT2D eigenvalue weighted by Gasteiger charge is 2.21. The number of aliphatic carboxylic acids is 1. The van der Waals surface area contributed by atoms with E-state index in [0.717, 1.165) is 11.3 Å². The Balaban J connectivity index is 2.58. The third kappa shape index (κ3) is 5.20. The SMILES string of the molecule is CCC(C)N(CC(=O)O)C(=O)CCc1ccc(Cl)s1. The van der Waals surface area contributed by atoms with Gasteiger partial charge in [0.1, 0.15) is 6.54 Å². The highest BCUT2D eigenvalue weighted by atomic mass is 35.5. The Labute approximate surface area is 122 Å². The molecule has 0 aromatic carbocycles. The molecule has 4 nitrogen and oxygen atoms in total. The molecule has 0 aliphatic carbocycles. The molecule has 1 aromatic heterocycles. The number of amides is 1. The number of halogens is 1. The van der Waals surface area contributed by atoms with Crippen molar-refractivity contribution in [2.45, 2.75) is 39.2 Å². The number of aryl methyl sites for hydroxylation is 1. The number of hydrogen-bond donors (Lipinski definition) is 1. The van der Waals surface area contributed by atoms with Crippen LogP contribution < -0.4 is 0 Å². The van der Waals surface area contributed by atoms with Gasteiger partial charge in [-0.05, 0) is 31.9 Å². The fourth-order valence-corrected chi connectivity index (χ4v) is 2.80. The van der Waals surface area contributed by atoms with Crippen molar-refractivity contribution >= 4 is 34.8 Å². The van der Waals surface area contributed by atoms with Crippen LogP contribution in [0.2, 0.25) is 4.34 Å². The lowest BCUT2D eigenvalue weighted by Crippen LogP contribution is -2.41. The lowest BCUT2D eigenvalue weighted by Gasteiger charge is -2.26. The maximum Gasteiger partial charge on any atom is 0.323 e. The Bertz CT molecular complexity index is 447. The molecular weight excluding hydrogens is 286 g/mol. The molecule has 1 N–H and O–H groups in total. The van der Waals surface area contributed by atoms with E-state index in [0.29, 0.717) is 17.2 Å². The van der Waals surface area contributed by atoms with E-state index in [-0.39, 0.29) is 18.5 Å². The van der Waals surface area contributed by atoms with E-state index in [1.54, 1.807) is 6.07 Å². The molecule has 19 heavy (non-hydrogen) atoms. The predicted molar refractivity (Wildman–Crippen MR) is 76.8 cm³/mol. The Hall–Kier alpha value is -1.07. The van der Waals surface area contributed by atoms with Gasteiger partial charge in [-0.3, -0.25) is 9.59 Å². The molecule has 0 radical (unpaired) electrons. The topological polar surface area (TPSA) is 57.6 Å². The fourth-order valence-electron chi connectivity index (χ4n) is 1.72. The number of carboxylic acid groups (broad SMARTS) is 1. The summed E-state index contributed by atoms with van der Waals surface area (Å²) in [6.45, 7) is 3.56. The van der Waals surface area contributed by atoms with Crippen LogP contribution in [0.1, 0.15) is 31.6 Å². The quantitative estimate of drug-likeness (QED) is 0.842. The smallest absolute Gasteiger partial charge is 0.323 e. The Morgan fingerprint density at radius 3 is 2.63 bits per heavy atom. The minimum absolute atomic E-state index is 0.0597. The Morgan fingerprint density at radius 1 is 1.47 bits per heavy atom.